The molecule has 0 heterocycles. The molecule has 1 fully saturated rings. The van der Waals surface area contributed by atoms with Crippen LogP contribution in [0.5, 0.6) is 0 Å². The van der Waals surface area contributed by atoms with Crippen LogP contribution >= 0.6 is 0 Å². The minimum absolute atomic E-state index is 0.000611. The van der Waals surface area contributed by atoms with Gasteiger partial charge in [-0.25, -0.2) is 4.79 Å². The van der Waals surface area contributed by atoms with E-state index in [-0.39, 0.29) is 31.2 Å². The van der Waals surface area contributed by atoms with E-state index in [1.54, 1.807) is 26.8 Å². The molecule has 1 aromatic rings. The maximum absolute atomic E-state index is 12.2. The van der Waals surface area contributed by atoms with Gasteiger partial charge < -0.3 is 14.2 Å². The van der Waals surface area contributed by atoms with Crippen LogP contribution < -0.4 is 0 Å². The molecule has 1 aromatic carbocycles. The van der Waals surface area contributed by atoms with Crippen LogP contribution in [0.25, 0.3) is 6.08 Å². The fraction of sp³-hybridized carbons (Fsp3) is 0.577. The van der Waals surface area contributed by atoms with Crippen molar-refractivity contribution in [3.05, 3.63) is 41.5 Å². The lowest BCUT2D eigenvalue weighted by molar-refractivity contribution is -0.162. The fourth-order valence-corrected chi connectivity index (χ4v) is 3.59. The van der Waals surface area contributed by atoms with E-state index in [9.17, 15) is 27.6 Å². The maximum atomic E-state index is 12.2. The Morgan fingerprint density at radius 3 is 2.11 bits per heavy atom. The highest BCUT2D eigenvalue weighted by atomic mass is 19.4. The van der Waals surface area contributed by atoms with Gasteiger partial charge in [0.2, 0.25) is 0 Å². The van der Waals surface area contributed by atoms with Crippen LogP contribution in [0.15, 0.2) is 30.3 Å². The van der Waals surface area contributed by atoms with Gasteiger partial charge >= 0.3 is 24.1 Å². The molecule has 6 nitrogen and oxygen atoms in total. The SMILES string of the molecule is CC(C)(C)C(=O)OCCOC(=O)/C=C/c1ccc(C2CCC(OC(=O)CCC(F)(F)F)CC2)cc1. The van der Waals surface area contributed by atoms with Crippen LogP contribution in [-0.2, 0) is 28.6 Å². The standard InChI is InChI=1S/C26H33F3O6/c1-25(2,3)24(32)34-17-16-33-22(30)13-6-18-4-7-19(8-5-18)20-9-11-21(12-10-20)35-23(31)14-15-26(27,28)29/h4-8,13,20-21H,9-12,14-17H2,1-3H3/b13-6+. The summed E-state index contributed by atoms with van der Waals surface area (Å²) in [5.74, 6) is -1.42. The van der Waals surface area contributed by atoms with Gasteiger partial charge in [-0.05, 0) is 69.6 Å². The zero-order chi connectivity index (χ0) is 26.1. The predicted molar refractivity (Wildman–Crippen MR) is 123 cm³/mol. The number of hydrogen-bond acceptors (Lipinski definition) is 6. The molecule has 0 N–H and O–H groups in total. The molecule has 2 rings (SSSR count). The summed E-state index contributed by atoms with van der Waals surface area (Å²) in [4.78, 5) is 35.1. The number of carbonyl (C=O) groups is 3. The van der Waals surface area contributed by atoms with Crippen molar-refractivity contribution in [1.29, 1.82) is 0 Å². The van der Waals surface area contributed by atoms with E-state index in [1.807, 2.05) is 24.3 Å². The van der Waals surface area contributed by atoms with Crippen molar-refractivity contribution in [2.75, 3.05) is 13.2 Å². The first-order valence-corrected chi connectivity index (χ1v) is 11.7. The van der Waals surface area contributed by atoms with Gasteiger partial charge in [-0.1, -0.05) is 24.3 Å². The first-order chi connectivity index (χ1) is 16.3. The van der Waals surface area contributed by atoms with Gasteiger partial charge in [0, 0.05) is 6.08 Å². The van der Waals surface area contributed by atoms with E-state index in [4.69, 9.17) is 14.2 Å². The van der Waals surface area contributed by atoms with Crippen molar-refractivity contribution in [2.45, 2.75) is 77.5 Å². The topological polar surface area (TPSA) is 78.9 Å². The van der Waals surface area contributed by atoms with Crippen LogP contribution in [0.3, 0.4) is 0 Å². The van der Waals surface area contributed by atoms with Crippen LogP contribution in [-0.4, -0.2) is 43.4 Å². The van der Waals surface area contributed by atoms with Gasteiger partial charge in [-0.2, -0.15) is 13.2 Å². The minimum atomic E-state index is -4.36. The number of carbonyl (C=O) groups excluding carboxylic acids is 3. The van der Waals surface area contributed by atoms with Crippen molar-refractivity contribution in [3.8, 4) is 0 Å². The number of ether oxygens (including phenoxy) is 3. The zero-order valence-electron chi connectivity index (χ0n) is 20.4. The van der Waals surface area contributed by atoms with Crippen molar-refractivity contribution in [2.24, 2.45) is 5.41 Å². The average Bonchev–Trinajstić information content (AvgIpc) is 2.79. The fourth-order valence-electron chi connectivity index (χ4n) is 3.59. The van der Waals surface area contributed by atoms with Gasteiger partial charge in [0.25, 0.3) is 0 Å². The summed E-state index contributed by atoms with van der Waals surface area (Å²) in [6, 6.07) is 7.70. The second-order valence-corrected chi connectivity index (χ2v) is 9.63. The molecule has 35 heavy (non-hydrogen) atoms. The van der Waals surface area contributed by atoms with Crippen molar-refractivity contribution >= 4 is 24.0 Å². The number of rotatable bonds is 9. The molecule has 0 amide bonds. The highest BCUT2D eigenvalue weighted by Gasteiger charge is 2.30. The Morgan fingerprint density at radius 1 is 0.943 bits per heavy atom. The molecule has 0 aromatic heterocycles. The van der Waals surface area contributed by atoms with Crippen molar-refractivity contribution in [3.63, 3.8) is 0 Å². The van der Waals surface area contributed by atoms with E-state index in [0.717, 1.165) is 24.0 Å². The molecular weight excluding hydrogens is 465 g/mol. The number of halogens is 3. The smallest absolute Gasteiger partial charge is 0.389 e. The molecule has 0 atom stereocenters. The minimum Gasteiger partial charge on any atom is -0.462 e. The number of benzene rings is 1. The molecule has 0 aliphatic heterocycles. The van der Waals surface area contributed by atoms with E-state index in [2.05, 4.69) is 0 Å². The Labute approximate surface area is 203 Å². The largest absolute Gasteiger partial charge is 0.462 e. The lowest BCUT2D eigenvalue weighted by atomic mass is 9.82. The van der Waals surface area contributed by atoms with Crippen molar-refractivity contribution < 1.29 is 41.8 Å². The molecule has 1 saturated carbocycles. The van der Waals surface area contributed by atoms with E-state index in [0.29, 0.717) is 12.8 Å². The lowest BCUT2D eigenvalue weighted by Crippen LogP contribution is -2.24. The predicted octanol–water partition coefficient (Wildman–Crippen LogP) is 5.74. The summed E-state index contributed by atoms with van der Waals surface area (Å²) in [6.07, 6.45) is -0.788. The van der Waals surface area contributed by atoms with Gasteiger partial charge in [-0.3, -0.25) is 9.59 Å². The van der Waals surface area contributed by atoms with Crippen LogP contribution in [0.4, 0.5) is 13.2 Å². The lowest BCUT2D eigenvalue weighted by Gasteiger charge is -2.28. The first-order valence-electron chi connectivity index (χ1n) is 11.7. The third-order valence-electron chi connectivity index (χ3n) is 5.58. The maximum Gasteiger partial charge on any atom is 0.389 e. The quantitative estimate of drug-likeness (QED) is 0.187. The molecule has 9 heteroatoms. The van der Waals surface area contributed by atoms with Crippen LogP contribution in [0.1, 0.15) is 76.3 Å². The highest BCUT2D eigenvalue weighted by Crippen LogP contribution is 2.34. The van der Waals surface area contributed by atoms with E-state index < -0.39 is 36.4 Å². The van der Waals surface area contributed by atoms with Crippen molar-refractivity contribution in [1.82, 2.24) is 0 Å². The Bertz CT molecular complexity index is 876. The summed E-state index contributed by atoms with van der Waals surface area (Å²) < 4.78 is 51.9. The van der Waals surface area contributed by atoms with Gasteiger partial charge in [0.05, 0.1) is 18.3 Å². The number of alkyl halides is 3. The second kappa shape index (κ2) is 12.7. The average molecular weight is 499 g/mol. The van der Waals surface area contributed by atoms with E-state index in [1.165, 1.54) is 6.08 Å². The molecule has 0 saturated heterocycles. The molecule has 0 unspecified atom stereocenters. The summed E-state index contributed by atoms with van der Waals surface area (Å²) in [7, 11) is 0. The molecule has 0 radical (unpaired) electrons. The summed E-state index contributed by atoms with van der Waals surface area (Å²) in [5.41, 5.74) is 1.33. The zero-order valence-corrected chi connectivity index (χ0v) is 20.4. The monoisotopic (exact) mass is 498 g/mol. The molecule has 0 bridgehead atoms. The molecule has 1 aliphatic carbocycles. The Kier molecular flexibility index (Phi) is 10.3. The molecule has 1 aliphatic rings. The number of esters is 3. The third-order valence-corrected chi connectivity index (χ3v) is 5.58. The molecular formula is C26H33F3O6. The summed E-state index contributed by atoms with van der Waals surface area (Å²) >= 11 is 0. The Morgan fingerprint density at radius 2 is 1.54 bits per heavy atom. The summed E-state index contributed by atoms with van der Waals surface area (Å²) in [6.45, 7) is 5.19. The third kappa shape index (κ3) is 11.0. The second-order valence-electron chi connectivity index (χ2n) is 9.63. The Hall–Kier alpha value is -2.84. The molecule has 194 valence electrons. The number of hydrogen-bond donors (Lipinski definition) is 0. The highest BCUT2D eigenvalue weighted by molar-refractivity contribution is 5.87. The first kappa shape index (κ1) is 28.4. The summed E-state index contributed by atoms with van der Waals surface area (Å²) in [5, 5.41) is 0. The van der Waals surface area contributed by atoms with Crippen LogP contribution in [0.2, 0.25) is 0 Å². The van der Waals surface area contributed by atoms with E-state index >= 15 is 0 Å². The molecule has 0 spiro atoms. The van der Waals surface area contributed by atoms with Gasteiger partial charge in [-0.15, -0.1) is 0 Å². The normalized spacial score (nSPS) is 18.8. The van der Waals surface area contributed by atoms with Gasteiger partial charge in [0.1, 0.15) is 19.3 Å². The van der Waals surface area contributed by atoms with Gasteiger partial charge in [0.15, 0.2) is 0 Å². The Balaban J connectivity index is 1.71. The van der Waals surface area contributed by atoms with Crippen LogP contribution in [0, 0.1) is 5.41 Å².